The van der Waals surface area contributed by atoms with E-state index in [9.17, 15) is 18.8 Å². The molecule has 1 unspecified atom stereocenters. The van der Waals surface area contributed by atoms with Crippen LogP contribution in [0, 0.1) is 5.82 Å². The highest BCUT2D eigenvalue weighted by molar-refractivity contribution is 6.45. The molecule has 190 valence electrons. The number of carbonyl (C=O) groups is 3. The molecule has 2 amide bonds. The minimum Gasteiger partial charge on any atom is -0.496 e. The Morgan fingerprint density at radius 1 is 1.08 bits per heavy atom. The van der Waals surface area contributed by atoms with Crippen molar-refractivity contribution < 1.29 is 23.5 Å². The second kappa shape index (κ2) is 9.98. The predicted octanol–water partition coefficient (Wildman–Crippen LogP) is 2.17. The number of Topliss-reactive ketones (excluding diaryl/α,β-unsaturated/α-hetero) is 1. The summed E-state index contributed by atoms with van der Waals surface area (Å²) in [4.78, 5) is 42.4. The second-order valence-electron chi connectivity index (χ2n) is 9.14. The third kappa shape index (κ3) is 4.64. The lowest BCUT2D eigenvalue weighted by Crippen LogP contribution is -2.57. The van der Waals surface area contributed by atoms with Gasteiger partial charge in [-0.25, -0.2) is 4.39 Å². The van der Waals surface area contributed by atoms with Crippen molar-refractivity contribution in [3.63, 3.8) is 0 Å². The highest BCUT2D eigenvalue weighted by atomic mass is 19.1. The molecule has 3 N–H and O–H groups in total. The smallest absolute Gasteiger partial charge is 0.292 e. The van der Waals surface area contributed by atoms with Crippen LogP contribution in [0.25, 0.3) is 10.9 Å². The second-order valence-corrected chi connectivity index (χ2v) is 9.14. The van der Waals surface area contributed by atoms with Crippen LogP contribution in [0.4, 0.5) is 4.39 Å². The number of carbonyl (C=O) groups excluding carboxylic acids is 3. The summed E-state index contributed by atoms with van der Waals surface area (Å²) >= 11 is 0. The van der Waals surface area contributed by atoms with E-state index in [0.717, 1.165) is 5.56 Å². The average molecular weight is 496 g/mol. The van der Waals surface area contributed by atoms with Gasteiger partial charge in [-0.15, -0.1) is 0 Å². The quantitative estimate of drug-likeness (QED) is 0.308. The number of halogens is 1. The minimum atomic E-state index is -0.772. The van der Waals surface area contributed by atoms with E-state index in [4.69, 9.17) is 10.6 Å². The Bertz CT molecular complexity index is 1320. The zero-order chi connectivity index (χ0) is 26.1. The maximum absolute atomic E-state index is 13.7. The molecule has 3 aromatic rings. The molecule has 0 aliphatic carbocycles. The summed E-state index contributed by atoms with van der Waals surface area (Å²) in [6.45, 7) is 5.78. The van der Waals surface area contributed by atoms with Crippen molar-refractivity contribution in [2.24, 2.45) is 0 Å². The summed E-state index contributed by atoms with van der Waals surface area (Å²) in [5.41, 5.74) is 1.85. The van der Waals surface area contributed by atoms with Crippen LogP contribution in [-0.2, 0) is 11.3 Å². The zero-order valence-corrected chi connectivity index (χ0v) is 20.7. The van der Waals surface area contributed by atoms with Gasteiger partial charge in [-0.2, -0.15) is 0 Å². The van der Waals surface area contributed by atoms with E-state index in [1.54, 1.807) is 29.2 Å². The van der Waals surface area contributed by atoms with E-state index in [2.05, 4.69) is 10.2 Å². The predicted molar refractivity (Wildman–Crippen MR) is 134 cm³/mol. The van der Waals surface area contributed by atoms with Crippen molar-refractivity contribution in [3.05, 3.63) is 65.1 Å². The number of hydrogen-bond donors (Lipinski definition) is 2. The molecule has 2 atom stereocenters. The van der Waals surface area contributed by atoms with Crippen molar-refractivity contribution in [2.45, 2.75) is 32.5 Å². The molecular weight excluding hydrogens is 465 g/mol. The van der Waals surface area contributed by atoms with Crippen molar-refractivity contribution in [1.82, 2.24) is 19.8 Å². The van der Waals surface area contributed by atoms with Crippen LogP contribution in [0.2, 0.25) is 0 Å². The highest BCUT2D eigenvalue weighted by Crippen LogP contribution is 2.31. The number of amides is 2. The van der Waals surface area contributed by atoms with Gasteiger partial charge in [-0.1, -0.05) is 12.1 Å². The van der Waals surface area contributed by atoms with Gasteiger partial charge < -0.3 is 20.8 Å². The standard InChI is InChI=1S/C26H30FN5O4/c1-15-12-31(16(2)11-30(15)13-17-5-7-18(27)8-6-17)26(35)20-9-19-21(24(33)25(34)29-3)14-32(28)22(19)10-23(20)36-4/h5-10,14-16H,11-13,28H2,1-4H3,(H,29,34)/t15-,16?/m0/s1. The lowest BCUT2D eigenvalue weighted by atomic mass is 10.0. The molecule has 36 heavy (non-hydrogen) atoms. The number of nitrogens with zero attached hydrogens (tertiary/aromatic N) is 3. The van der Waals surface area contributed by atoms with E-state index in [1.807, 2.05) is 13.8 Å². The molecule has 1 aliphatic heterocycles. The van der Waals surface area contributed by atoms with Gasteiger partial charge in [-0.05, 0) is 37.6 Å². The number of piperazine rings is 1. The SMILES string of the molecule is CNC(=O)C(=O)c1cn(N)c2cc(OC)c(C(=O)N3C[C@H](C)N(Cc4ccc(F)cc4)CC3C)cc12. The number of aromatic nitrogens is 1. The van der Waals surface area contributed by atoms with Gasteiger partial charge in [0.2, 0.25) is 0 Å². The van der Waals surface area contributed by atoms with Gasteiger partial charge in [0.15, 0.2) is 0 Å². The molecule has 1 saturated heterocycles. The summed E-state index contributed by atoms with van der Waals surface area (Å²) in [5.74, 6) is 4.33. The Kier molecular flexibility index (Phi) is 6.98. The van der Waals surface area contributed by atoms with Crippen molar-refractivity contribution in [1.29, 1.82) is 0 Å². The number of nitrogens with one attached hydrogen (secondary N) is 1. The van der Waals surface area contributed by atoms with Crippen LogP contribution in [0.15, 0.2) is 42.6 Å². The van der Waals surface area contributed by atoms with Gasteiger partial charge in [0.25, 0.3) is 17.6 Å². The number of nitrogens with two attached hydrogens (primary N) is 1. The van der Waals surface area contributed by atoms with Crippen LogP contribution in [0.3, 0.4) is 0 Å². The Labute approximate surface area is 208 Å². The number of benzene rings is 2. The Morgan fingerprint density at radius 2 is 1.78 bits per heavy atom. The first-order chi connectivity index (χ1) is 17.1. The molecule has 9 nitrogen and oxygen atoms in total. The lowest BCUT2D eigenvalue weighted by molar-refractivity contribution is -0.116. The molecule has 0 spiro atoms. The Hall–Kier alpha value is -3.92. The van der Waals surface area contributed by atoms with Crippen molar-refractivity contribution >= 4 is 28.5 Å². The number of fused-ring (bicyclic) bond motifs is 1. The average Bonchev–Trinajstić information content (AvgIpc) is 3.20. The number of ether oxygens (including phenoxy) is 1. The largest absolute Gasteiger partial charge is 0.496 e. The third-order valence-electron chi connectivity index (χ3n) is 6.74. The van der Waals surface area contributed by atoms with Gasteiger partial charge in [-0.3, -0.25) is 24.0 Å². The fourth-order valence-corrected chi connectivity index (χ4v) is 4.71. The van der Waals surface area contributed by atoms with Gasteiger partial charge in [0, 0.05) is 56.4 Å². The third-order valence-corrected chi connectivity index (χ3v) is 6.74. The molecule has 1 fully saturated rings. The number of likely N-dealkylation sites (N-methyl/N-ethyl adjacent to an activating group) is 1. The fourth-order valence-electron chi connectivity index (χ4n) is 4.71. The molecule has 0 saturated carbocycles. The summed E-state index contributed by atoms with van der Waals surface area (Å²) < 4.78 is 20.0. The van der Waals surface area contributed by atoms with E-state index in [-0.39, 0.29) is 34.9 Å². The first kappa shape index (κ1) is 25.2. The van der Waals surface area contributed by atoms with Crippen molar-refractivity contribution in [3.8, 4) is 5.75 Å². The fraction of sp³-hybridized carbons (Fsp3) is 0.346. The molecular formula is C26H30FN5O4. The number of hydrogen-bond acceptors (Lipinski definition) is 6. The van der Waals surface area contributed by atoms with Crippen molar-refractivity contribution in [2.75, 3.05) is 33.1 Å². The molecule has 10 heteroatoms. The minimum absolute atomic E-state index is 0.0560. The number of methoxy groups -OCH3 is 1. The maximum Gasteiger partial charge on any atom is 0.292 e. The van der Waals surface area contributed by atoms with Crippen LogP contribution >= 0.6 is 0 Å². The maximum atomic E-state index is 13.7. The topological polar surface area (TPSA) is 110 Å². The van der Waals surface area contributed by atoms with E-state index < -0.39 is 11.7 Å². The summed E-state index contributed by atoms with van der Waals surface area (Å²) in [6.07, 6.45) is 1.37. The van der Waals surface area contributed by atoms with E-state index in [1.165, 1.54) is 37.2 Å². The molecule has 0 radical (unpaired) electrons. The molecule has 2 aromatic carbocycles. The lowest BCUT2D eigenvalue weighted by Gasteiger charge is -2.44. The number of ketones is 1. The van der Waals surface area contributed by atoms with Gasteiger partial charge in [0.05, 0.1) is 23.8 Å². The molecule has 2 heterocycles. The molecule has 1 aliphatic rings. The Morgan fingerprint density at radius 3 is 2.42 bits per heavy atom. The number of nitrogen functional groups attached to an aromatic ring is 1. The monoisotopic (exact) mass is 495 g/mol. The summed E-state index contributed by atoms with van der Waals surface area (Å²) in [6, 6.07) is 9.55. The number of rotatable bonds is 6. The first-order valence-electron chi connectivity index (χ1n) is 11.7. The van der Waals surface area contributed by atoms with E-state index in [0.29, 0.717) is 36.3 Å². The van der Waals surface area contributed by atoms with Crippen LogP contribution in [-0.4, -0.2) is 71.4 Å². The molecule has 1 aromatic heterocycles. The highest BCUT2D eigenvalue weighted by Gasteiger charge is 2.34. The van der Waals surface area contributed by atoms with E-state index >= 15 is 0 Å². The van der Waals surface area contributed by atoms with Crippen LogP contribution in [0.1, 0.15) is 40.1 Å². The van der Waals surface area contributed by atoms with Gasteiger partial charge >= 0.3 is 0 Å². The van der Waals surface area contributed by atoms with Crippen LogP contribution in [0.5, 0.6) is 5.75 Å². The first-order valence-corrected chi connectivity index (χ1v) is 11.7. The molecule has 4 rings (SSSR count). The Balaban J connectivity index is 1.63. The van der Waals surface area contributed by atoms with Crippen LogP contribution < -0.4 is 15.9 Å². The normalized spacial score (nSPS) is 18.3. The zero-order valence-electron chi connectivity index (χ0n) is 20.7. The summed E-state index contributed by atoms with van der Waals surface area (Å²) in [5, 5.41) is 2.72. The van der Waals surface area contributed by atoms with Gasteiger partial charge in [0.1, 0.15) is 11.6 Å². The molecule has 0 bridgehead atoms. The summed E-state index contributed by atoms with van der Waals surface area (Å²) in [7, 11) is 2.84.